The molecule has 1 unspecified atom stereocenters. The lowest BCUT2D eigenvalue weighted by atomic mass is 9.62. The topological polar surface area (TPSA) is 108 Å². The molecule has 8 heteroatoms. The molecule has 1 aliphatic carbocycles. The SMILES string of the molecule is O=C1CCC(N2C(=O)c3ccc(CNCCC45CC(CCN4)C5)cc3C2=O)C(=O)N1. The van der Waals surface area contributed by atoms with Gasteiger partial charge in [-0.3, -0.25) is 29.4 Å². The molecule has 8 nitrogen and oxygen atoms in total. The van der Waals surface area contributed by atoms with Gasteiger partial charge in [0.05, 0.1) is 11.1 Å². The van der Waals surface area contributed by atoms with E-state index in [4.69, 9.17) is 0 Å². The lowest BCUT2D eigenvalue weighted by Crippen LogP contribution is -2.61. The van der Waals surface area contributed by atoms with Gasteiger partial charge in [-0.25, -0.2) is 0 Å². The fraction of sp³-hybridized carbons (Fsp3) is 0.545. The minimum Gasteiger partial charge on any atom is -0.313 e. The van der Waals surface area contributed by atoms with Gasteiger partial charge < -0.3 is 10.6 Å². The van der Waals surface area contributed by atoms with Gasteiger partial charge in [0.2, 0.25) is 11.8 Å². The molecule has 2 bridgehead atoms. The van der Waals surface area contributed by atoms with E-state index in [-0.39, 0.29) is 18.7 Å². The highest BCUT2D eigenvalue weighted by Crippen LogP contribution is 2.45. The summed E-state index contributed by atoms with van der Waals surface area (Å²) in [6.45, 7) is 2.63. The number of imide groups is 2. The molecule has 1 saturated carbocycles. The Morgan fingerprint density at radius 2 is 1.87 bits per heavy atom. The highest BCUT2D eigenvalue weighted by Gasteiger charge is 2.46. The second-order valence-electron chi connectivity index (χ2n) is 9.02. The minimum absolute atomic E-state index is 0.121. The van der Waals surface area contributed by atoms with Gasteiger partial charge in [-0.15, -0.1) is 0 Å². The van der Waals surface area contributed by atoms with E-state index in [0.29, 0.717) is 23.2 Å². The first kappa shape index (κ1) is 19.4. The first-order valence-electron chi connectivity index (χ1n) is 10.8. The van der Waals surface area contributed by atoms with Crippen LogP contribution in [0.2, 0.25) is 0 Å². The summed E-state index contributed by atoms with van der Waals surface area (Å²) in [6, 6.07) is 4.33. The molecule has 0 spiro atoms. The van der Waals surface area contributed by atoms with Crippen LogP contribution < -0.4 is 16.0 Å². The smallest absolute Gasteiger partial charge is 0.262 e. The fourth-order valence-corrected chi connectivity index (χ4v) is 5.42. The highest BCUT2D eigenvalue weighted by atomic mass is 16.2. The maximum Gasteiger partial charge on any atom is 0.262 e. The third-order valence-corrected chi connectivity index (χ3v) is 7.03. The van der Waals surface area contributed by atoms with Crippen molar-refractivity contribution in [2.75, 3.05) is 13.1 Å². The van der Waals surface area contributed by atoms with Crippen molar-refractivity contribution in [3.05, 3.63) is 34.9 Å². The molecule has 1 aromatic rings. The third kappa shape index (κ3) is 3.24. The Balaban J connectivity index is 1.21. The van der Waals surface area contributed by atoms with Crippen molar-refractivity contribution < 1.29 is 19.2 Å². The van der Waals surface area contributed by atoms with Crippen LogP contribution in [0, 0.1) is 5.92 Å². The van der Waals surface area contributed by atoms with Crippen molar-refractivity contribution >= 4 is 23.6 Å². The van der Waals surface area contributed by atoms with Crippen LogP contribution in [-0.4, -0.2) is 53.2 Å². The van der Waals surface area contributed by atoms with Crippen molar-refractivity contribution in [2.45, 2.75) is 56.7 Å². The normalized spacial score (nSPS) is 30.2. The van der Waals surface area contributed by atoms with Gasteiger partial charge in [-0.2, -0.15) is 0 Å². The number of nitrogens with zero attached hydrogens (tertiary/aromatic N) is 1. The van der Waals surface area contributed by atoms with E-state index in [2.05, 4.69) is 16.0 Å². The van der Waals surface area contributed by atoms with Crippen LogP contribution >= 0.6 is 0 Å². The third-order valence-electron chi connectivity index (χ3n) is 7.03. The minimum atomic E-state index is -0.926. The number of hydrogen-bond acceptors (Lipinski definition) is 6. The summed E-state index contributed by atoms with van der Waals surface area (Å²) in [5.74, 6) is -0.986. The van der Waals surface area contributed by atoms with Crippen LogP contribution in [0.5, 0.6) is 0 Å². The van der Waals surface area contributed by atoms with Crippen LogP contribution in [0.15, 0.2) is 18.2 Å². The molecule has 30 heavy (non-hydrogen) atoms. The van der Waals surface area contributed by atoms with Crippen LogP contribution in [-0.2, 0) is 16.1 Å². The van der Waals surface area contributed by atoms with E-state index in [9.17, 15) is 19.2 Å². The lowest BCUT2D eigenvalue weighted by Gasteiger charge is -2.53. The number of piperidine rings is 3. The summed E-state index contributed by atoms with van der Waals surface area (Å²) in [5.41, 5.74) is 1.90. The van der Waals surface area contributed by atoms with Crippen molar-refractivity contribution in [3.63, 3.8) is 0 Å². The Morgan fingerprint density at radius 1 is 1.07 bits per heavy atom. The molecule has 4 amide bonds. The molecule has 6 rings (SSSR count). The summed E-state index contributed by atoms with van der Waals surface area (Å²) in [5, 5.41) is 9.33. The molecule has 0 radical (unpaired) electrons. The van der Waals surface area contributed by atoms with Gasteiger partial charge in [0.25, 0.3) is 11.8 Å². The summed E-state index contributed by atoms with van der Waals surface area (Å²) >= 11 is 0. The van der Waals surface area contributed by atoms with Crippen molar-refractivity contribution in [1.82, 2.24) is 20.9 Å². The first-order valence-corrected chi connectivity index (χ1v) is 10.8. The average molecular weight is 410 g/mol. The molecule has 158 valence electrons. The summed E-state index contributed by atoms with van der Waals surface area (Å²) in [7, 11) is 0. The molecular weight excluding hydrogens is 384 g/mol. The first-order chi connectivity index (χ1) is 14.5. The summed E-state index contributed by atoms with van der Waals surface area (Å²) in [6.07, 6.45) is 5.24. The summed E-state index contributed by atoms with van der Waals surface area (Å²) < 4.78 is 0. The maximum absolute atomic E-state index is 12.9. The molecule has 4 fully saturated rings. The predicted octanol–water partition coefficient (Wildman–Crippen LogP) is 0.710. The van der Waals surface area contributed by atoms with Gasteiger partial charge in [-0.1, -0.05) is 6.07 Å². The second kappa shape index (κ2) is 7.28. The van der Waals surface area contributed by atoms with Crippen LogP contribution in [0.1, 0.15) is 64.8 Å². The quantitative estimate of drug-likeness (QED) is 0.471. The predicted molar refractivity (Wildman–Crippen MR) is 108 cm³/mol. The van der Waals surface area contributed by atoms with E-state index >= 15 is 0 Å². The number of rotatable bonds is 6. The van der Waals surface area contributed by atoms with Gasteiger partial charge in [0.15, 0.2) is 0 Å². The Morgan fingerprint density at radius 3 is 2.60 bits per heavy atom. The Bertz CT molecular complexity index is 932. The van der Waals surface area contributed by atoms with Crippen molar-refractivity contribution in [3.8, 4) is 0 Å². The van der Waals surface area contributed by atoms with Crippen LogP contribution in [0.3, 0.4) is 0 Å². The zero-order valence-electron chi connectivity index (χ0n) is 16.8. The van der Waals surface area contributed by atoms with E-state index in [1.165, 1.54) is 19.3 Å². The zero-order chi connectivity index (χ0) is 20.9. The van der Waals surface area contributed by atoms with Crippen LogP contribution in [0.25, 0.3) is 0 Å². The monoisotopic (exact) mass is 410 g/mol. The van der Waals surface area contributed by atoms with E-state index in [1.807, 2.05) is 6.07 Å². The van der Waals surface area contributed by atoms with E-state index in [0.717, 1.165) is 35.9 Å². The number of hydrogen-bond donors (Lipinski definition) is 3. The largest absolute Gasteiger partial charge is 0.313 e. The number of carbonyl (C=O) groups excluding carboxylic acids is 4. The van der Waals surface area contributed by atoms with Gasteiger partial charge >= 0.3 is 0 Å². The molecule has 1 atom stereocenters. The average Bonchev–Trinajstić information content (AvgIpc) is 2.96. The lowest BCUT2D eigenvalue weighted by molar-refractivity contribution is -0.136. The molecule has 5 aliphatic rings. The number of amides is 4. The molecule has 1 aromatic carbocycles. The van der Waals surface area contributed by atoms with Crippen molar-refractivity contribution in [2.24, 2.45) is 5.92 Å². The zero-order valence-corrected chi connectivity index (χ0v) is 16.8. The van der Waals surface area contributed by atoms with E-state index < -0.39 is 23.8 Å². The molecule has 4 aliphatic heterocycles. The van der Waals surface area contributed by atoms with Crippen LogP contribution in [0.4, 0.5) is 0 Å². The Hall–Kier alpha value is -2.58. The maximum atomic E-state index is 12.9. The van der Waals surface area contributed by atoms with Gasteiger partial charge in [0, 0.05) is 18.5 Å². The second-order valence-corrected chi connectivity index (χ2v) is 9.02. The van der Waals surface area contributed by atoms with E-state index in [1.54, 1.807) is 12.1 Å². The van der Waals surface area contributed by atoms with Crippen molar-refractivity contribution in [1.29, 1.82) is 0 Å². The molecule has 3 saturated heterocycles. The molecule has 4 heterocycles. The number of benzene rings is 1. The van der Waals surface area contributed by atoms with Gasteiger partial charge in [-0.05, 0) is 68.8 Å². The van der Waals surface area contributed by atoms with Gasteiger partial charge in [0.1, 0.15) is 6.04 Å². The molecular formula is C22H26N4O4. The number of fused-ring (bicyclic) bond motifs is 3. The Kier molecular flexibility index (Phi) is 4.71. The molecule has 0 aromatic heterocycles. The number of nitrogens with one attached hydrogen (secondary N) is 3. The highest BCUT2D eigenvalue weighted by molar-refractivity contribution is 6.23. The standard InChI is InChI=1S/C22H26N4O4/c27-18-4-3-17(19(28)25-18)26-20(29)15-2-1-13(9-16(15)21(26)30)12-23-8-6-22-10-14(11-22)5-7-24-22/h1-2,9,14,17,23-24H,3-8,10-12H2,(H,25,27,28). The fourth-order valence-electron chi connectivity index (χ4n) is 5.42. The summed E-state index contributed by atoms with van der Waals surface area (Å²) in [4.78, 5) is 50.1. The number of carbonyl (C=O) groups is 4. The Labute approximate surface area is 174 Å². The molecule has 3 N–H and O–H groups in total.